The zero-order valence-electron chi connectivity index (χ0n) is 7.48. The first kappa shape index (κ1) is 10.3. The van der Waals surface area contributed by atoms with Crippen molar-refractivity contribution < 1.29 is 0 Å². The maximum atomic E-state index is 5.85. The van der Waals surface area contributed by atoms with Gasteiger partial charge in [0.1, 0.15) is 0 Å². The molecule has 0 aliphatic carbocycles. The van der Waals surface area contributed by atoms with Gasteiger partial charge in [0, 0.05) is 11.8 Å². The standard InChI is InChI=1S/C8H19NS/c1-8(2,3)5-7(9)6-10-4/h7H,5-6,9H2,1-4H3. The maximum absolute atomic E-state index is 5.85. The molecule has 1 nitrogen and oxygen atoms in total. The smallest absolute Gasteiger partial charge is 0.0135 e. The molecule has 0 heterocycles. The third-order valence-electron chi connectivity index (χ3n) is 1.26. The second kappa shape index (κ2) is 4.24. The summed E-state index contributed by atoms with van der Waals surface area (Å²) < 4.78 is 0. The predicted octanol–water partition coefficient (Wildman–Crippen LogP) is 2.11. The maximum Gasteiger partial charge on any atom is 0.0135 e. The van der Waals surface area contributed by atoms with Crippen LogP contribution < -0.4 is 5.73 Å². The van der Waals surface area contributed by atoms with Crippen LogP contribution in [0.2, 0.25) is 0 Å². The van der Waals surface area contributed by atoms with Crippen molar-refractivity contribution in [1.82, 2.24) is 0 Å². The lowest BCUT2D eigenvalue weighted by Gasteiger charge is -2.22. The molecule has 0 amide bonds. The third kappa shape index (κ3) is 6.43. The fraction of sp³-hybridized carbons (Fsp3) is 1.00. The van der Waals surface area contributed by atoms with Crippen LogP contribution >= 0.6 is 11.8 Å². The zero-order valence-corrected chi connectivity index (χ0v) is 8.29. The van der Waals surface area contributed by atoms with Crippen molar-refractivity contribution in [2.24, 2.45) is 11.1 Å². The Hall–Kier alpha value is 0.310. The minimum atomic E-state index is 0.370. The van der Waals surface area contributed by atoms with Crippen LogP contribution in [0.15, 0.2) is 0 Å². The highest BCUT2D eigenvalue weighted by Crippen LogP contribution is 2.20. The zero-order chi connectivity index (χ0) is 8.20. The van der Waals surface area contributed by atoms with Gasteiger partial charge in [0.25, 0.3) is 0 Å². The summed E-state index contributed by atoms with van der Waals surface area (Å²) in [6, 6.07) is 0.370. The largest absolute Gasteiger partial charge is 0.327 e. The van der Waals surface area contributed by atoms with Crippen LogP contribution in [0.5, 0.6) is 0 Å². The molecule has 0 spiro atoms. The van der Waals surface area contributed by atoms with E-state index in [1.165, 1.54) is 0 Å². The lowest BCUT2D eigenvalue weighted by atomic mass is 9.89. The second-order valence-corrected chi connectivity index (χ2v) is 4.89. The first-order valence-corrected chi connectivity index (χ1v) is 5.09. The third-order valence-corrected chi connectivity index (χ3v) is 2.02. The average molecular weight is 161 g/mol. The first-order valence-electron chi connectivity index (χ1n) is 3.70. The quantitative estimate of drug-likeness (QED) is 0.686. The Morgan fingerprint density at radius 1 is 1.40 bits per heavy atom. The van der Waals surface area contributed by atoms with Gasteiger partial charge in [0.05, 0.1) is 0 Å². The Morgan fingerprint density at radius 2 is 1.90 bits per heavy atom. The highest BCUT2D eigenvalue weighted by Gasteiger charge is 2.14. The number of hydrogen-bond donors (Lipinski definition) is 1. The average Bonchev–Trinajstić information content (AvgIpc) is 1.59. The Kier molecular flexibility index (Phi) is 4.37. The molecule has 62 valence electrons. The van der Waals surface area contributed by atoms with Gasteiger partial charge in [-0.2, -0.15) is 11.8 Å². The summed E-state index contributed by atoms with van der Waals surface area (Å²) in [5.41, 5.74) is 6.23. The Bertz CT molecular complexity index is 85.7. The van der Waals surface area contributed by atoms with E-state index in [0.717, 1.165) is 12.2 Å². The van der Waals surface area contributed by atoms with Gasteiger partial charge in [0.15, 0.2) is 0 Å². The highest BCUT2D eigenvalue weighted by atomic mass is 32.2. The van der Waals surface area contributed by atoms with Crippen molar-refractivity contribution >= 4 is 11.8 Å². The van der Waals surface area contributed by atoms with Gasteiger partial charge in [-0.25, -0.2) is 0 Å². The highest BCUT2D eigenvalue weighted by molar-refractivity contribution is 7.98. The molecule has 0 radical (unpaired) electrons. The van der Waals surface area contributed by atoms with Gasteiger partial charge in [-0.1, -0.05) is 20.8 Å². The van der Waals surface area contributed by atoms with Crippen LogP contribution in [0.3, 0.4) is 0 Å². The van der Waals surface area contributed by atoms with Gasteiger partial charge in [0.2, 0.25) is 0 Å². The summed E-state index contributed by atoms with van der Waals surface area (Å²) in [5, 5.41) is 0. The predicted molar refractivity (Wildman–Crippen MR) is 50.4 cm³/mol. The Balaban J connectivity index is 3.47. The van der Waals surface area contributed by atoms with E-state index >= 15 is 0 Å². The van der Waals surface area contributed by atoms with Gasteiger partial charge in [-0.3, -0.25) is 0 Å². The van der Waals surface area contributed by atoms with E-state index in [2.05, 4.69) is 27.0 Å². The molecule has 0 bridgehead atoms. The van der Waals surface area contributed by atoms with Crippen molar-refractivity contribution in [3.63, 3.8) is 0 Å². The van der Waals surface area contributed by atoms with Crippen molar-refractivity contribution in [1.29, 1.82) is 0 Å². The van der Waals surface area contributed by atoms with E-state index < -0.39 is 0 Å². The van der Waals surface area contributed by atoms with E-state index in [0.29, 0.717) is 11.5 Å². The molecular weight excluding hydrogens is 142 g/mol. The van der Waals surface area contributed by atoms with E-state index in [1.807, 2.05) is 11.8 Å². The molecule has 0 saturated carbocycles. The SMILES string of the molecule is CSCC(N)CC(C)(C)C. The first-order chi connectivity index (χ1) is 4.45. The van der Waals surface area contributed by atoms with Crippen molar-refractivity contribution in [3.05, 3.63) is 0 Å². The van der Waals surface area contributed by atoms with Crippen LogP contribution in [-0.4, -0.2) is 18.1 Å². The monoisotopic (exact) mass is 161 g/mol. The van der Waals surface area contributed by atoms with Crippen LogP contribution in [0, 0.1) is 5.41 Å². The molecule has 0 aliphatic heterocycles. The molecule has 1 atom stereocenters. The molecule has 1 unspecified atom stereocenters. The van der Waals surface area contributed by atoms with Gasteiger partial charge >= 0.3 is 0 Å². The minimum absolute atomic E-state index is 0.370. The molecule has 10 heavy (non-hydrogen) atoms. The molecular formula is C8H19NS. The lowest BCUT2D eigenvalue weighted by molar-refractivity contribution is 0.351. The molecule has 2 heteroatoms. The summed E-state index contributed by atoms with van der Waals surface area (Å²) in [5.74, 6) is 1.08. The Labute approximate surface area is 68.8 Å². The van der Waals surface area contributed by atoms with Crippen molar-refractivity contribution in [3.8, 4) is 0 Å². The molecule has 0 aromatic carbocycles. The fourth-order valence-corrected chi connectivity index (χ4v) is 1.61. The molecule has 0 aliphatic rings. The van der Waals surface area contributed by atoms with Crippen LogP contribution in [0.4, 0.5) is 0 Å². The summed E-state index contributed by atoms with van der Waals surface area (Å²) in [7, 11) is 0. The van der Waals surface area contributed by atoms with Gasteiger partial charge in [-0.05, 0) is 18.1 Å². The molecule has 0 rings (SSSR count). The second-order valence-electron chi connectivity index (χ2n) is 3.98. The fourth-order valence-electron chi connectivity index (χ4n) is 1.06. The van der Waals surface area contributed by atoms with Gasteiger partial charge < -0.3 is 5.73 Å². The molecule has 0 aromatic heterocycles. The molecule has 2 N–H and O–H groups in total. The van der Waals surface area contributed by atoms with E-state index in [-0.39, 0.29) is 0 Å². The molecule has 0 saturated heterocycles. The Morgan fingerprint density at radius 3 is 2.20 bits per heavy atom. The number of rotatable bonds is 3. The number of nitrogens with two attached hydrogens (primary N) is 1. The number of thioether (sulfide) groups is 1. The van der Waals surface area contributed by atoms with Crippen molar-refractivity contribution in [2.75, 3.05) is 12.0 Å². The van der Waals surface area contributed by atoms with Crippen LogP contribution in [-0.2, 0) is 0 Å². The molecule has 0 aromatic rings. The van der Waals surface area contributed by atoms with Gasteiger partial charge in [-0.15, -0.1) is 0 Å². The summed E-state index contributed by atoms with van der Waals surface area (Å²) >= 11 is 1.83. The summed E-state index contributed by atoms with van der Waals surface area (Å²) in [4.78, 5) is 0. The normalized spacial score (nSPS) is 15.3. The molecule has 0 fully saturated rings. The van der Waals surface area contributed by atoms with Crippen LogP contribution in [0.25, 0.3) is 0 Å². The van der Waals surface area contributed by atoms with Crippen molar-refractivity contribution in [2.45, 2.75) is 33.2 Å². The minimum Gasteiger partial charge on any atom is -0.327 e. The summed E-state index contributed by atoms with van der Waals surface area (Å²) in [6.07, 6.45) is 3.22. The van der Waals surface area contributed by atoms with Crippen LogP contribution in [0.1, 0.15) is 27.2 Å². The van der Waals surface area contributed by atoms with E-state index in [9.17, 15) is 0 Å². The lowest BCUT2D eigenvalue weighted by Crippen LogP contribution is -2.28. The topological polar surface area (TPSA) is 26.0 Å². The number of hydrogen-bond acceptors (Lipinski definition) is 2. The van der Waals surface area contributed by atoms with E-state index in [1.54, 1.807) is 0 Å². The summed E-state index contributed by atoms with van der Waals surface area (Å²) in [6.45, 7) is 6.69. The van der Waals surface area contributed by atoms with E-state index in [4.69, 9.17) is 5.73 Å².